The molecule has 0 aromatic heterocycles. The summed E-state index contributed by atoms with van der Waals surface area (Å²) >= 11 is 6.25. The summed E-state index contributed by atoms with van der Waals surface area (Å²) in [6, 6.07) is 12.2. The van der Waals surface area contributed by atoms with Gasteiger partial charge in [0.05, 0.1) is 5.02 Å². The van der Waals surface area contributed by atoms with Crippen LogP contribution >= 0.6 is 11.6 Å². The number of hydrogen-bond donors (Lipinski definition) is 2. The van der Waals surface area contributed by atoms with E-state index < -0.39 is 0 Å². The van der Waals surface area contributed by atoms with Crippen molar-refractivity contribution < 1.29 is 14.3 Å². The summed E-state index contributed by atoms with van der Waals surface area (Å²) in [6.45, 7) is 5.02. The number of fused-ring (bicyclic) bond motifs is 2. The van der Waals surface area contributed by atoms with Crippen molar-refractivity contribution in [3.05, 3.63) is 58.1 Å². The smallest absolute Gasteiger partial charge is 0.314 e. The Morgan fingerprint density at radius 2 is 1.86 bits per heavy atom. The summed E-state index contributed by atoms with van der Waals surface area (Å²) in [4.78, 5) is 14.4. The van der Waals surface area contributed by atoms with Crippen LogP contribution in [0.5, 0.6) is 11.5 Å². The lowest BCUT2D eigenvalue weighted by Crippen LogP contribution is -2.42. The average molecular weight is 416 g/mol. The van der Waals surface area contributed by atoms with Crippen molar-refractivity contribution in [3.63, 3.8) is 0 Å². The second-order valence-corrected chi connectivity index (χ2v) is 7.74. The molecule has 7 heteroatoms. The Morgan fingerprint density at radius 3 is 2.76 bits per heavy atom. The maximum atomic E-state index is 12.1. The van der Waals surface area contributed by atoms with Crippen LogP contribution in [0.15, 0.2) is 36.4 Å². The number of carbonyl (C=O) groups excluding carboxylic acids is 1. The lowest BCUT2D eigenvalue weighted by atomic mass is 10.00. The predicted octanol–water partition coefficient (Wildman–Crippen LogP) is 3.01. The molecule has 2 aliphatic rings. The molecule has 0 radical (unpaired) electrons. The zero-order valence-corrected chi connectivity index (χ0v) is 17.1. The van der Waals surface area contributed by atoms with Crippen LogP contribution in [0.4, 0.5) is 4.79 Å². The summed E-state index contributed by atoms with van der Waals surface area (Å²) in [6.07, 6.45) is 1.74. The van der Waals surface area contributed by atoms with Crippen LogP contribution in [-0.2, 0) is 19.4 Å². The van der Waals surface area contributed by atoms with Crippen molar-refractivity contribution in [2.75, 3.05) is 39.4 Å². The highest BCUT2D eigenvalue weighted by Crippen LogP contribution is 2.38. The van der Waals surface area contributed by atoms with E-state index >= 15 is 0 Å². The van der Waals surface area contributed by atoms with Gasteiger partial charge in [0, 0.05) is 32.7 Å². The topological polar surface area (TPSA) is 62.8 Å². The third-order valence-electron chi connectivity index (χ3n) is 5.28. The summed E-state index contributed by atoms with van der Waals surface area (Å²) < 4.78 is 11.1. The molecule has 2 N–H and O–H groups in total. The van der Waals surface area contributed by atoms with E-state index in [0.29, 0.717) is 49.2 Å². The van der Waals surface area contributed by atoms with Gasteiger partial charge in [0.15, 0.2) is 11.5 Å². The van der Waals surface area contributed by atoms with E-state index in [1.54, 1.807) is 0 Å². The number of nitrogens with zero attached hydrogens (tertiary/aromatic N) is 1. The van der Waals surface area contributed by atoms with E-state index in [1.165, 1.54) is 11.1 Å². The van der Waals surface area contributed by atoms with Gasteiger partial charge < -0.3 is 20.1 Å². The first-order valence-electron chi connectivity index (χ1n) is 10.1. The van der Waals surface area contributed by atoms with E-state index in [2.05, 4.69) is 39.8 Å². The summed E-state index contributed by atoms with van der Waals surface area (Å²) in [5.41, 5.74) is 3.83. The van der Waals surface area contributed by atoms with Crippen molar-refractivity contribution in [2.24, 2.45) is 0 Å². The minimum Gasteiger partial charge on any atom is -0.486 e. The quantitative estimate of drug-likeness (QED) is 0.761. The number of rotatable bonds is 6. The number of halogens is 1. The third kappa shape index (κ3) is 5.14. The number of ether oxygens (including phenoxy) is 2. The molecule has 0 bridgehead atoms. The molecular weight excluding hydrogens is 390 g/mol. The normalized spacial score (nSPS) is 15.5. The first-order chi connectivity index (χ1) is 14.2. The number of nitrogens with one attached hydrogen (secondary N) is 2. The van der Waals surface area contributed by atoms with E-state index in [9.17, 15) is 4.79 Å². The molecule has 0 fully saturated rings. The Morgan fingerprint density at radius 1 is 1.07 bits per heavy atom. The third-order valence-corrected chi connectivity index (χ3v) is 5.56. The Labute approximate surface area is 176 Å². The highest BCUT2D eigenvalue weighted by Gasteiger charge is 2.17. The van der Waals surface area contributed by atoms with Gasteiger partial charge in [-0.3, -0.25) is 4.90 Å². The fraction of sp³-hybridized carbons (Fsp3) is 0.409. The van der Waals surface area contributed by atoms with Crippen molar-refractivity contribution >= 4 is 17.6 Å². The van der Waals surface area contributed by atoms with E-state index in [4.69, 9.17) is 21.1 Å². The molecule has 154 valence electrons. The maximum absolute atomic E-state index is 12.1. The SMILES string of the molecule is O=C(NCCc1cc(Cl)c2c(c1)OCCO2)NCCN1CCc2ccccc2C1. The molecule has 0 atom stereocenters. The fourth-order valence-electron chi connectivity index (χ4n) is 3.76. The number of hydrogen-bond acceptors (Lipinski definition) is 4. The molecule has 0 saturated heterocycles. The second kappa shape index (κ2) is 9.37. The maximum Gasteiger partial charge on any atom is 0.314 e. The van der Waals surface area contributed by atoms with Crippen molar-refractivity contribution in [1.82, 2.24) is 15.5 Å². The molecule has 6 nitrogen and oxygen atoms in total. The fourth-order valence-corrected chi connectivity index (χ4v) is 4.05. The Hall–Kier alpha value is -2.44. The summed E-state index contributed by atoms with van der Waals surface area (Å²) in [5.74, 6) is 1.28. The first-order valence-corrected chi connectivity index (χ1v) is 10.5. The minimum absolute atomic E-state index is 0.147. The van der Waals surface area contributed by atoms with E-state index in [0.717, 1.165) is 31.6 Å². The summed E-state index contributed by atoms with van der Waals surface area (Å²) in [7, 11) is 0. The van der Waals surface area contributed by atoms with Crippen LogP contribution in [0.3, 0.4) is 0 Å². The van der Waals surface area contributed by atoms with Crippen LogP contribution in [0.25, 0.3) is 0 Å². The van der Waals surface area contributed by atoms with Gasteiger partial charge in [0.2, 0.25) is 0 Å². The van der Waals surface area contributed by atoms with Crippen molar-refractivity contribution in [2.45, 2.75) is 19.4 Å². The average Bonchev–Trinajstić information content (AvgIpc) is 2.74. The zero-order chi connectivity index (χ0) is 20.1. The minimum atomic E-state index is -0.147. The van der Waals surface area contributed by atoms with Gasteiger partial charge in [0.25, 0.3) is 0 Å². The molecule has 2 heterocycles. The summed E-state index contributed by atoms with van der Waals surface area (Å²) in [5, 5.41) is 6.39. The van der Waals surface area contributed by atoms with Gasteiger partial charge >= 0.3 is 6.03 Å². The molecule has 2 amide bonds. The van der Waals surface area contributed by atoms with Crippen LogP contribution < -0.4 is 20.1 Å². The number of amides is 2. The lowest BCUT2D eigenvalue weighted by Gasteiger charge is -2.28. The van der Waals surface area contributed by atoms with Crippen molar-refractivity contribution in [3.8, 4) is 11.5 Å². The Balaban J connectivity index is 1.16. The highest BCUT2D eigenvalue weighted by atomic mass is 35.5. The Kier molecular flexibility index (Phi) is 6.42. The van der Waals surface area contributed by atoms with Gasteiger partial charge in [0.1, 0.15) is 13.2 Å². The molecule has 0 saturated carbocycles. The van der Waals surface area contributed by atoms with Crippen molar-refractivity contribution in [1.29, 1.82) is 0 Å². The van der Waals surface area contributed by atoms with Gasteiger partial charge in [-0.1, -0.05) is 35.9 Å². The monoisotopic (exact) mass is 415 g/mol. The van der Waals surface area contributed by atoms with Gasteiger partial charge in [-0.05, 0) is 41.7 Å². The number of urea groups is 1. The van der Waals surface area contributed by atoms with Gasteiger partial charge in [-0.25, -0.2) is 4.79 Å². The standard InChI is InChI=1S/C22H26ClN3O3/c23-19-13-16(14-20-21(19)29-12-11-28-20)5-7-24-22(27)25-8-10-26-9-6-17-3-1-2-4-18(17)15-26/h1-4,13-14H,5-12,15H2,(H2,24,25,27). The molecule has 0 unspecified atom stereocenters. The molecule has 2 aromatic carbocycles. The predicted molar refractivity (Wildman–Crippen MR) is 113 cm³/mol. The Bertz CT molecular complexity index is 874. The number of benzene rings is 2. The van der Waals surface area contributed by atoms with Gasteiger partial charge in [-0.2, -0.15) is 0 Å². The molecule has 0 aliphatic carbocycles. The first kappa shape index (κ1) is 19.9. The molecule has 2 aliphatic heterocycles. The molecule has 2 aromatic rings. The molecular formula is C22H26ClN3O3. The van der Waals surface area contributed by atoms with E-state index in [-0.39, 0.29) is 6.03 Å². The van der Waals surface area contributed by atoms with E-state index in [1.807, 2.05) is 12.1 Å². The van der Waals surface area contributed by atoms with Crippen LogP contribution in [0.2, 0.25) is 5.02 Å². The molecule has 0 spiro atoms. The van der Waals surface area contributed by atoms with Crippen LogP contribution in [-0.4, -0.2) is 50.3 Å². The second-order valence-electron chi connectivity index (χ2n) is 7.33. The molecule has 29 heavy (non-hydrogen) atoms. The lowest BCUT2D eigenvalue weighted by molar-refractivity contribution is 0.171. The largest absolute Gasteiger partial charge is 0.486 e. The zero-order valence-electron chi connectivity index (χ0n) is 16.4. The highest BCUT2D eigenvalue weighted by molar-refractivity contribution is 6.32. The van der Waals surface area contributed by atoms with Crippen LogP contribution in [0, 0.1) is 0 Å². The van der Waals surface area contributed by atoms with Gasteiger partial charge in [-0.15, -0.1) is 0 Å². The number of carbonyl (C=O) groups is 1. The van der Waals surface area contributed by atoms with Crippen LogP contribution in [0.1, 0.15) is 16.7 Å². The molecule has 4 rings (SSSR count).